The Hall–Kier alpha value is -2.40. The summed E-state index contributed by atoms with van der Waals surface area (Å²) < 4.78 is 5.81. The largest absolute Gasteiger partial charge is 0.377 e. The van der Waals surface area contributed by atoms with E-state index in [1.54, 1.807) is 5.01 Å². The number of fused-ring (bicyclic) bond motifs is 1. The smallest absolute Gasteiger partial charge is 0.247 e. The molecule has 3 aliphatic heterocycles. The number of hydrogen-bond acceptors (Lipinski definition) is 8. The van der Waals surface area contributed by atoms with Crippen LogP contribution >= 0.6 is 11.3 Å². The highest BCUT2D eigenvalue weighted by molar-refractivity contribution is 7.15. The zero-order valence-corrected chi connectivity index (χ0v) is 18.2. The number of rotatable bonds is 5. The lowest BCUT2D eigenvalue weighted by molar-refractivity contribution is -0.126. The van der Waals surface area contributed by atoms with Crippen LogP contribution in [0.5, 0.6) is 0 Å². The van der Waals surface area contributed by atoms with Crippen molar-refractivity contribution >= 4 is 34.0 Å². The quantitative estimate of drug-likeness (QED) is 0.723. The van der Waals surface area contributed by atoms with E-state index in [2.05, 4.69) is 25.8 Å². The third-order valence-electron chi connectivity index (χ3n) is 6.19. The van der Waals surface area contributed by atoms with Gasteiger partial charge in [-0.2, -0.15) is 0 Å². The van der Waals surface area contributed by atoms with E-state index in [1.807, 2.05) is 37.3 Å². The molecule has 1 aromatic carbocycles. The first-order chi connectivity index (χ1) is 15.1. The Morgan fingerprint density at radius 1 is 1.29 bits per heavy atom. The molecule has 2 amide bonds. The molecule has 3 fully saturated rings. The molecule has 0 spiro atoms. The van der Waals surface area contributed by atoms with Gasteiger partial charge in [-0.25, -0.2) is 10.4 Å². The van der Waals surface area contributed by atoms with E-state index in [-0.39, 0.29) is 29.9 Å². The first kappa shape index (κ1) is 20.5. The Balaban J connectivity index is 1.38. The predicted molar refractivity (Wildman–Crippen MR) is 117 cm³/mol. The second kappa shape index (κ2) is 8.62. The first-order valence-electron chi connectivity index (χ1n) is 10.7. The van der Waals surface area contributed by atoms with Crippen molar-refractivity contribution in [3.8, 4) is 0 Å². The second-order valence-electron chi connectivity index (χ2n) is 8.35. The molecule has 4 unspecified atom stereocenters. The van der Waals surface area contributed by atoms with Crippen molar-refractivity contribution in [1.29, 1.82) is 0 Å². The van der Waals surface area contributed by atoms with E-state index < -0.39 is 5.92 Å². The standard InChI is InChI=1S/C21H26N6O3S/c1-13-23-24-21(31-13)22-19(28)16-11-26(10-15-8-5-9-30-15)12-17-18(16)25-27(20(17)29)14-6-3-2-4-7-14/h2-4,6-7,15-18,25H,5,8-12H2,1H3,(H,22,24,28). The zero-order chi connectivity index (χ0) is 21.4. The third-order valence-corrected chi connectivity index (χ3v) is 6.94. The summed E-state index contributed by atoms with van der Waals surface area (Å²) in [4.78, 5) is 28.8. The number of nitrogens with zero attached hydrogens (tertiary/aromatic N) is 4. The summed E-state index contributed by atoms with van der Waals surface area (Å²) >= 11 is 1.34. The summed E-state index contributed by atoms with van der Waals surface area (Å²) in [5.41, 5.74) is 4.11. The maximum absolute atomic E-state index is 13.3. The van der Waals surface area contributed by atoms with Gasteiger partial charge >= 0.3 is 0 Å². The number of piperidine rings is 1. The summed E-state index contributed by atoms with van der Waals surface area (Å²) in [7, 11) is 0. The number of nitrogens with one attached hydrogen (secondary N) is 2. The van der Waals surface area contributed by atoms with Crippen LogP contribution in [0.3, 0.4) is 0 Å². The van der Waals surface area contributed by atoms with Gasteiger partial charge in [0.05, 0.1) is 29.7 Å². The van der Waals surface area contributed by atoms with Crippen molar-refractivity contribution in [3.05, 3.63) is 35.3 Å². The van der Waals surface area contributed by atoms with Gasteiger partial charge in [0.25, 0.3) is 0 Å². The lowest BCUT2D eigenvalue weighted by atomic mass is 9.83. The summed E-state index contributed by atoms with van der Waals surface area (Å²) in [6.45, 7) is 4.55. The molecule has 0 radical (unpaired) electrons. The molecule has 2 aromatic rings. The molecule has 0 bridgehead atoms. The average Bonchev–Trinajstić information content (AvgIpc) is 3.50. The number of amides is 2. The van der Waals surface area contributed by atoms with E-state index in [9.17, 15) is 9.59 Å². The van der Waals surface area contributed by atoms with Gasteiger partial charge in [-0.15, -0.1) is 10.2 Å². The van der Waals surface area contributed by atoms with Gasteiger partial charge in [0, 0.05) is 26.2 Å². The number of aryl methyl sites for hydroxylation is 1. The SMILES string of the molecule is Cc1nnc(NC(=O)C2CN(CC3CCCO3)CC3C(=O)N(c4ccccc4)NC23)s1. The lowest BCUT2D eigenvalue weighted by Crippen LogP contribution is -2.57. The summed E-state index contributed by atoms with van der Waals surface area (Å²) in [5.74, 6) is -0.847. The van der Waals surface area contributed by atoms with Crippen LogP contribution in [0.25, 0.3) is 0 Å². The Labute approximate surface area is 184 Å². The number of carbonyl (C=O) groups is 2. The fourth-order valence-electron chi connectivity index (χ4n) is 4.72. The van der Waals surface area contributed by atoms with E-state index in [4.69, 9.17) is 4.74 Å². The topological polar surface area (TPSA) is 99.7 Å². The van der Waals surface area contributed by atoms with E-state index in [1.165, 1.54) is 11.3 Å². The Morgan fingerprint density at radius 2 is 2.13 bits per heavy atom. The fraction of sp³-hybridized carbons (Fsp3) is 0.524. The lowest BCUT2D eigenvalue weighted by Gasteiger charge is -2.39. The van der Waals surface area contributed by atoms with Gasteiger partial charge in [-0.05, 0) is 31.9 Å². The molecule has 9 nitrogen and oxygen atoms in total. The van der Waals surface area contributed by atoms with Crippen LogP contribution in [0.1, 0.15) is 17.8 Å². The number of carbonyl (C=O) groups excluding carboxylic acids is 2. The number of para-hydroxylation sites is 1. The van der Waals surface area contributed by atoms with Gasteiger partial charge in [-0.3, -0.25) is 14.5 Å². The fourth-order valence-corrected chi connectivity index (χ4v) is 5.32. The van der Waals surface area contributed by atoms with Crippen LogP contribution in [0.4, 0.5) is 10.8 Å². The minimum atomic E-state index is -0.401. The predicted octanol–water partition coefficient (Wildman–Crippen LogP) is 1.43. The molecular weight excluding hydrogens is 416 g/mol. The molecule has 10 heteroatoms. The van der Waals surface area contributed by atoms with Crippen molar-refractivity contribution in [2.75, 3.05) is 36.6 Å². The Bertz CT molecular complexity index is 948. The zero-order valence-electron chi connectivity index (χ0n) is 17.4. The molecule has 31 heavy (non-hydrogen) atoms. The van der Waals surface area contributed by atoms with Crippen molar-refractivity contribution in [2.45, 2.75) is 31.9 Å². The van der Waals surface area contributed by atoms with Crippen molar-refractivity contribution in [1.82, 2.24) is 20.5 Å². The number of anilines is 2. The van der Waals surface area contributed by atoms with Crippen LogP contribution in [-0.4, -0.2) is 65.3 Å². The van der Waals surface area contributed by atoms with Crippen LogP contribution in [0.2, 0.25) is 0 Å². The highest BCUT2D eigenvalue weighted by Gasteiger charge is 2.51. The maximum Gasteiger partial charge on any atom is 0.247 e. The minimum Gasteiger partial charge on any atom is -0.377 e. The summed E-state index contributed by atoms with van der Waals surface area (Å²) in [6.07, 6.45) is 2.25. The van der Waals surface area contributed by atoms with Crippen LogP contribution < -0.4 is 15.8 Å². The molecule has 0 saturated carbocycles. The molecular formula is C21H26N6O3S. The van der Waals surface area contributed by atoms with Gasteiger partial charge in [0.15, 0.2) is 0 Å². The highest BCUT2D eigenvalue weighted by atomic mass is 32.1. The van der Waals surface area contributed by atoms with Crippen LogP contribution in [0.15, 0.2) is 30.3 Å². The second-order valence-corrected chi connectivity index (χ2v) is 9.53. The van der Waals surface area contributed by atoms with Crippen LogP contribution in [0, 0.1) is 18.8 Å². The number of likely N-dealkylation sites (tertiary alicyclic amines) is 1. The van der Waals surface area contributed by atoms with Gasteiger partial charge in [0.1, 0.15) is 5.01 Å². The molecule has 3 aliphatic rings. The molecule has 4 atom stereocenters. The molecule has 0 aliphatic carbocycles. The number of aromatic nitrogens is 2. The van der Waals surface area contributed by atoms with Gasteiger partial charge in [0.2, 0.25) is 16.9 Å². The molecule has 4 heterocycles. The number of benzene rings is 1. The minimum absolute atomic E-state index is 0.00204. The average molecular weight is 443 g/mol. The molecule has 3 saturated heterocycles. The van der Waals surface area contributed by atoms with E-state index >= 15 is 0 Å². The van der Waals surface area contributed by atoms with Crippen LogP contribution in [-0.2, 0) is 14.3 Å². The monoisotopic (exact) mass is 442 g/mol. The Morgan fingerprint density at radius 3 is 2.84 bits per heavy atom. The number of hydrazine groups is 1. The van der Waals surface area contributed by atoms with Gasteiger partial charge in [-0.1, -0.05) is 29.5 Å². The third kappa shape index (κ3) is 4.20. The van der Waals surface area contributed by atoms with E-state index in [0.29, 0.717) is 18.2 Å². The van der Waals surface area contributed by atoms with Gasteiger partial charge < -0.3 is 10.1 Å². The highest BCUT2D eigenvalue weighted by Crippen LogP contribution is 2.33. The van der Waals surface area contributed by atoms with Crippen molar-refractivity contribution < 1.29 is 14.3 Å². The van der Waals surface area contributed by atoms with E-state index in [0.717, 1.165) is 36.7 Å². The number of hydrogen-bond donors (Lipinski definition) is 2. The number of ether oxygens (including phenoxy) is 1. The summed E-state index contributed by atoms with van der Waals surface area (Å²) in [5, 5.41) is 13.8. The Kier molecular flexibility index (Phi) is 5.70. The summed E-state index contributed by atoms with van der Waals surface area (Å²) in [6, 6.07) is 9.23. The molecule has 5 rings (SSSR count). The molecule has 164 valence electrons. The molecule has 2 N–H and O–H groups in total. The normalized spacial score (nSPS) is 28.7. The first-order valence-corrected chi connectivity index (χ1v) is 11.5. The van der Waals surface area contributed by atoms with Crippen molar-refractivity contribution in [2.24, 2.45) is 11.8 Å². The maximum atomic E-state index is 13.3. The van der Waals surface area contributed by atoms with Crippen molar-refractivity contribution in [3.63, 3.8) is 0 Å². The molecule has 1 aromatic heterocycles.